The zero-order valence-electron chi connectivity index (χ0n) is 19.1. The highest BCUT2D eigenvalue weighted by Gasteiger charge is 2.25. The molecule has 34 heavy (non-hydrogen) atoms. The second kappa shape index (κ2) is 10.8. The maximum absolute atomic E-state index is 13.6. The Morgan fingerprint density at radius 3 is 2.65 bits per heavy atom. The standard InChI is InChI=1S/C27H29F2N3O2/c1-17(33)32-26(12-18-10-22(28)14-23(29)11-18)27(34)16-31-25-6-2-4-19-7-8-20(13-24(19)25)21-5-3-9-30-15-21/h3,5,7-11,13-15,25-27,31,34H,2,4,6,12,16H2,1H3,(H,32,33)/t25?,26-,27+/m0/s1. The van der Waals surface area contributed by atoms with Crippen molar-refractivity contribution in [1.82, 2.24) is 15.6 Å². The summed E-state index contributed by atoms with van der Waals surface area (Å²) in [6.45, 7) is 1.58. The lowest BCUT2D eigenvalue weighted by atomic mass is 9.85. The van der Waals surface area contributed by atoms with E-state index in [0.29, 0.717) is 5.56 Å². The molecular formula is C27H29F2N3O2. The molecule has 0 saturated heterocycles. The number of fused-ring (bicyclic) bond motifs is 1. The summed E-state index contributed by atoms with van der Waals surface area (Å²) in [5.74, 6) is -1.69. The molecule has 5 nitrogen and oxygen atoms in total. The van der Waals surface area contributed by atoms with Crippen molar-refractivity contribution < 1.29 is 18.7 Å². The van der Waals surface area contributed by atoms with Crippen molar-refractivity contribution in [3.63, 3.8) is 0 Å². The van der Waals surface area contributed by atoms with E-state index < -0.39 is 23.8 Å². The van der Waals surface area contributed by atoms with Crippen LogP contribution in [0.25, 0.3) is 11.1 Å². The minimum absolute atomic E-state index is 0.0552. The number of aromatic nitrogens is 1. The van der Waals surface area contributed by atoms with E-state index in [-0.39, 0.29) is 24.9 Å². The number of hydrogen-bond donors (Lipinski definition) is 3. The van der Waals surface area contributed by atoms with Gasteiger partial charge in [-0.05, 0) is 77.8 Å². The number of carbonyl (C=O) groups excluding carboxylic acids is 1. The van der Waals surface area contributed by atoms with Crippen LogP contribution in [0.1, 0.15) is 42.5 Å². The lowest BCUT2D eigenvalue weighted by Gasteiger charge is -2.30. The quantitative estimate of drug-likeness (QED) is 0.468. The molecule has 2 aromatic carbocycles. The lowest BCUT2D eigenvalue weighted by molar-refractivity contribution is -0.120. The van der Waals surface area contributed by atoms with Crippen LogP contribution in [-0.4, -0.2) is 34.7 Å². The Labute approximate surface area is 198 Å². The van der Waals surface area contributed by atoms with Gasteiger partial charge in [0.05, 0.1) is 12.1 Å². The molecule has 4 rings (SSSR count). The normalized spacial score (nSPS) is 17.0. The SMILES string of the molecule is CC(=O)N[C@@H](Cc1cc(F)cc(F)c1)[C@H](O)CNC1CCCc2ccc(-c3cccnc3)cc21. The van der Waals surface area contributed by atoms with E-state index in [2.05, 4.69) is 33.8 Å². The molecule has 0 aliphatic heterocycles. The predicted octanol–water partition coefficient (Wildman–Crippen LogP) is 4.10. The second-order valence-electron chi connectivity index (χ2n) is 8.86. The summed E-state index contributed by atoms with van der Waals surface area (Å²) in [4.78, 5) is 15.9. The molecule has 3 aromatic rings. The van der Waals surface area contributed by atoms with Gasteiger partial charge in [-0.3, -0.25) is 9.78 Å². The summed E-state index contributed by atoms with van der Waals surface area (Å²) in [6, 6.07) is 13.0. The van der Waals surface area contributed by atoms with Crippen LogP contribution in [0.3, 0.4) is 0 Å². The average Bonchev–Trinajstić information content (AvgIpc) is 2.81. The van der Waals surface area contributed by atoms with E-state index in [4.69, 9.17) is 0 Å². The molecule has 7 heteroatoms. The van der Waals surface area contributed by atoms with E-state index in [9.17, 15) is 18.7 Å². The van der Waals surface area contributed by atoms with Gasteiger partial charge in [0.25, 0.3) is 0 Å². The van der Waals surface area contributed by atoms with Crippen LogP contribution >= 0.6 is 0 Å². The Kier molecular flexibility index (Phi) is 7.65. The van der Waals surface area contributed by atoms with Crippen molar-refractivity contribution in [3.05, 3.63) is 89.2 Å². The Morgan fingerprint density at radius 1 is 1.15 bits per heavy atom. The Bertz CT molecular complexity index is 1120. The number of aliphatic hydroxyl groups is 1. The molecule has 1 aliphatic rings. The number of nitrogens with zero attached hydrogens (tertiary/aromatic N) is 1. The summed E-state index contributed by atoms with van der Waals surface area (Å²) in [7, 11) is 0. The highest BCUT2D eigenvalue weighted by molar-refractivity contribution is 5.73. The number of pyridine rings is 1. The first-order valence-electron chi connectivity index (χ1n) is 11.6. The summed E-state index contributed by atoms with van der Waals surface area (Å²) in [6.07, 6.45) is 5.72. The van der Waals surface area contributed by atoms with Crippen molar-refractivity contribution in [2.45, 2.75) is 50.8 Å². The number of benzene rings is 2. The van der Waals surface area contributed by atoms with E-state index in [1.54, 1.807) is 6.20 Å². The van der Waals surface area contributed by atoms with Gasteiger partial charge < -0.3 is 15.7 Å². The Balaban J connectivity index is 1.48. The fourth-order valence-electron chi connectivity index (χ4n) is 4.66. The monoisotopic (exact) mass is 465 g/mol. The average molecular weight is 466 g/mol. The summed E-state index contributed by atoms with van der Waals surface area (Å²) < 4.78 is 27.2. The maximum atomic E-state index is 13.6. The number of aliphatic hydroxyl groups excluding tert-OH is 1. The zero-order chi connectivity index (χ0) is 24.1. The van der Waals surface area contributed by atoms with E-state index in [0.717, 1.165) is 36.5 Å². The van der Waals surface area contributed by atoms with Gasteiger partial charge >= 0.3 is 0 Å². The van der Waals surface area contributed by atoms with Gasteiger partial charge in [-0.2, -0.15) is 0 Å². The first-order chi connectivity index (χ1) is 16.4. The molecule has 1 amide bonds. The minimum atomic E-state index is -0.942. The van der Waals surface area contributed by atoms with E-state index in [1.165, 1.54) is 30.2 Å². The molecule has 1 aromatic heterocycles. The van der Waals surface area contributed by atoms with Crippen molar-refractivity contribution in [3.8, 4) is 11.1 Å². The van der Waals surface area contributed by atoms with Crippen LogP contribution < -0.4 is 10.6 Å². The number of hydrogen-bond acceptors (Lipinski definition) is 4. The molecule has 1 heterocycles. The number of nitrogens with one attached hydrogen (secondary N) is 2. The number of halogens is 2. The first kappa shape index (κ1) is 24.0. The molecule has 1 unspecified atom stereocenters. The van der Waals surface area contributed by atoms with Gasteiger partial charge in [-0.15, -0.1) is 0 Å². The third-order valence-electron chi connectivity index (χ3n) is 6.26. The number of carbonyl (C=O) groups is 1. The van der Waals surface area contributed by atoms with Gasteiger partial charge in [0, 0.05) is 38.0 Å². The molecule has 0 bridgehead atoms. The summed E-state index contributed by atoms with van der Waals surface area (Å²) in [5.41, 5.74) is 4.98. The molecule has 3 atom stereocenters. The van der Waals surface area contributed by atoms with Crippen molar-refractivity contribution in [2.24, 2.45) is 0 Å². The molecular weight excluding hydrogens is 436 g/mol. The summed E-state index contributed by atoms with van der Waals surface area (Å²) >= 11 is 0. The van der Waals surface area contributed by atoms with Crippen LogP contribution in [0.15, 0.2) is 60.9 Å². The Hall–Kier alpha value is -3.16. The van der Waals surface area contributed by atoms with Gasteiger partial charge in [0.2, 0.25) is 5.91 Å². The lowest BCUT2D eigenvalue weighted by Crippen LogP contribution is -2.48. The zero-order valence-corrected chi connectivity index (χ0v) is 19.1. The van der Waals surface area contributed by atoms with Crippen LogP contribution in [0.5, 0.6) is 0 Å². The third-order valence-corrected chi connectivity index (χ3v) is 6.26. The van der Waals surface area contributed by atoms with Crippen LogP contribution in [0.4, 0.5) is 8.78 Å². The number of rotatable bonds is 8. The number of amides is 1. The Morgan fingerprint density at radius 2 is 1.94 bits per heavy atom. The largest absolute Gasteiger partial charge is 0.390 e. The fourth-order valence-corrected chi connectivity index (χ4v) is 4.66. The van der Waals surface area contributed by atoms with Gasteiger partial charge in [-0.25, -0.2) is 8.78 Å². The smallest absolute Gasteiger partial charge is 0.217 e. The molecule has 178 valence electrons. The molecule has 3 N–H and O–H groups in total. The van der Waals surface area contributed by atoms with Gasteiger partial charge in [-0.1, -0.05) is 18.2 Å². The molecule has 0 fully saturated rings. The molecule has 0 radical (unpaired) electrons. The number of aryl methyl sites for hydroxylation is 1. The minimum Gasteiger partial charge on any atom is -0.390 e. The summed E-state index contributed by atoms with van der Waals surface area (Å²) in [5, 5.41) is 17.1. The molecule has 0 saturated carbocycles. The maximum Gasteiger partial charge on any atom is 0.217 e. The highest BCUT2D eigenvalue weighted by Crippen LogP contribution is 2.33. The fraction of sp³-hybridized carbons (Fsp3) is 0.333. The predicted molar refractivity (Wildman–Crippen MR) is 127 cm³/mol. The first-order valence-corrected chi connectivity index (χ1v) is 11.6. The van der Waals surface area contributed by atoms with Gasteiger partial charge in [0.1, 0.15) is 11.6 Å². The molecule has 1 aliphatic carbocycles. The van der Waals surface area contributed by atoms with E-state index in [1.807, 2.05) is 18.3 Å². The van der Waals surface area contributed by atoms with Crippen LogP contribution in [0, 0.1) is 11.6 Å². The van der Waals surface area contributed by atoms with E-state index >= 15 is 0 Å². The van der Waals surface area contributed by atoms with Crippen LogP contribution in [0.2, 0.25) is 0 Å². The van der Waals surface area contributed by atoms with Crippen molar-refractivity contribution in [1.29, 1.82) is 0 Å². The third kappa shape index (κ3) is 6.04. The van der Waals surface area contributed by atoms with Crippen LogP contribution in [-0.2, 0) is 17.6 Å². The van der Waals surface area contributed by atoms with Crippen molar-refractivity contribution in [2.75, 3.05) is 6.54 Å². The molecule has 0 spiro atoms. The van der Waals surface area contributed by atoms with Crippen molar-refractivity contribution >= 4 is 5.91 Å². The second-order valence-corrected chi connectivity index (χ2v) is 8.86. The topological polar surface area (TPSA) is 74.2 Å². The van der Waals surface area contributed by atoms with Gasteiger partial charge in [0.15, 0.2) is 0 Å². The highest BCUT2D eigenvalue weighted by atomic mass is 19.1.